The minimum atomic E-state index is -3.73. The first-order valence-electron chi connectivity index (χ1n) is 8.92. The number of hydrogen-bond donors (Lipinski definition) is 2. The quantitative estimate of drug-likeness (QED) is 0.702. The maximum atomic E-state index is 12.4. The third-order valence-corrected chi connectivity index (χ3v) is 7.09. The molecule has 3 rings (SSSR count). The SMILES string of the molecule is O=C(Cc1csc(NS(=O)(=O)c2ccc(Cl)cc2)n1)NCC1CCCCC1. The summed E-state index contributed by atoms with van der Waals surface area (Å²) < 4.78 is 27.1. The molecule has 1 aliphatic carbocycles. The molecule has 1 aliphatic rings. The summed E-state index contributed by atoms with van der Waals surface area (Å²) in [6.45, 7) is 0.707. The van der Waals surface area contributed by atoms with Crippen LogP contribution >= 0.6 is 22.9 Å². The number of amides is 1. The number of carbonyl (C=O) groups is 1. The molecule has 0 aliphatic heterocycles. The van der Waals surface area contributed by atoms with Crippen molar-refractivity contribution in [3.8, 4) is 0 Å². The van der Waals surface area contributed by atoms with Crippen LogP contribution in [0.3, 0.4) is 0 Å². The number of halogens is 1. The van der Waals surface area contributed by atoms with Crippen LogP contribution in [0.1, 0.15) is 37.8 Å². The van der Waals surface area contributed by atoms with E-state index in [4.69, 9.17) is 11.6 Å². The van der Waals surface area contributed by atoms with Gasteiger partial charge in [-0.2, -0.15) is 0 Å². The van der Waals surface area contributed by atoms with Gasteiger partial charge in [-0.15, -0.1) is 11.3 Å². The predicted molar refractivity (Wildman–Crippen MR) is 108 cm³/mol. The van der Waals surface area contributed by atoms with E-state index >= 15 is 0 Å². The van der Waals surface area contributed by atoms with Gasteiger partial charge in [0.1, 0.15) is 0 Å². The highest BCUT2D eigenvalue weighted by Gasteiger charge is 2.18. The number of aromatic nitrogens is 1. The molecule has 2 aromatic rings. The van der Waals surface area contributed by atoms with Crippen molar-refractivity contribution in [2.75, 3.05) is 11.3 Å². The third-order valence-electron chi connectivity index (χ3n) is 4.55. The molecular weight excluding hydrogens is 406 g/mol. The molecule has 1 aromatic heterocycles. The lowest BCUT2D eigenvalue weighted by atomic mass is 9.89. The molecule has 146 valence electrons. The Balaban J connectivity index is 1.53. The van der Waals surface area contributed by atoms with Gasteiger partial charge in [0.15, 0.2) is 5.13 Å². The molecule has 0 atom stereocenters. The molecule has 27 heavy (non-hydrogen) atoms. The van der Waals surface area contributed by atoms with E-state index in [-0.39, 0.29) is 22.4 Å². The van der Waals surface area contributed by atoms with Crippen molar-refractivity contribution in [3.05, 3.63) is 40.4 Å². The average molecular weight is 428 g/mol. The van der Waals surface area contributed by atoms with Crippen LogP contribution in [0, 0.1) is 5.92 Å². The monoisotopic (exact) mass is 427 g/mol. The summed E-state index contributed by atoms with van der Waals surface area (Å²) >= 11 is 6.94. The standard InChI is InChI=1S/C18H22ClN3O3S2/c19-14-6-8-16(9-7-14)27(24,25)22-18-21-15(12-26-18)10-17(23)20-11-13-4-2-1-3-5-13/h6-9,12-13H,1-5,10-11H2,(H,20,23)(H,21,22). The lowest BCUT2D eigenvalue weighted by Gasteiger charge is -2.21. The molecule has 0 bridgehead atoms. The Hall–Kier alpha value is -1.64. The highest BCUT2D eigenvalue weighted by atomic mass is 35.5. The van der Waals surface area contributed by atoms with Crippen molar-refractivity contribution >= 4 is 44.0 Å². The number of rotatable bonds is 7. The second-order valence-corrected chi connectivity index (χ2v) is 9.67. The maximum absolute atomic E-state index is 12.4. The largest absolute Gasteiger partial charge is 0.355 e. The van der Waals surface area contributed by atoms with E-state index in [0.29, 0.717) is 23.2 Å². The zero-order valence-corrected chi connectivity index (χ0v) is 17.2. The summed E-state index contributed by atoms with van der Waals surface area (Å²) in [5.41, 5.74) is 0.551. The van der Waals surface area contributed by atoms with Gasteiger partial charge >= 0.3 is 0 Å². The Kier molecular flexibility index (Phi) is 6.73. The van der Waals surface area contributed by atoms with Gasteiger partial charge in [0.2, 0.25) is 5.91 Å². The molecule has 1 heterocycles. The van der Waals surface area contributed by atoms with Crippen molar-refractivity contribution in [1.82, 2.24) is 10.3 Å². The first-order valence-corrected chi connectivity index (χ1v) is 11.7. The highest BCUT2D eigenvalue weighted by Crippen LogP contribution is 2.23. The fourth-order valence-electron chi connectivity index (χ4n) is 3.10. The molecule has 9 heteroatoms. The van der Waals surface area contributed by atoms with Gasteiger partial charge in [0.05, 0.1) is 17.0 Å². The maximum Gasteiger partial charge on any atom is 0.263 e. The zero-order chi connectivity index (χ0) is 19.3. The predicted octanol–water partition coefficient (Wildman–Crippen LogP) is 3.84. The van der Waals surface area contributed by atoms with Crippen LogP contribution in [0.25, 0.3) is 0 Å². The van der Waals surface area contributed by atoms with Crippen molar-refractivity contribution in [2.24, 2.45) is 5.92 Å². The number of benzene rings is 1. The molecule has 2 N–H and O–H groups in total. The Morgan fingerprint density at radius 2 is 1.89 bits per heavy atom. The molecule has 1 saturated carbocycles. The summed E-state index contributed by atoms with van der Waals surface area (Å²) in [6, 6.07) is 5.88. The van der Waals surface area contributed by atoms with Crippen LogP contribution < -0.4 is 10.0 Å². The minimum absolute atomic E-state index is 0.0852. The number of carbonyl (C=O) groups excluding carboxylic acids is 1. The van der Waals surface area contributed by atoms with E-state index in [2.05, 4.69) is 15.0 Å². The van der Waals surface area contributed by atoms with Gasteiger partial charge in [-0.3, -0.25) is 9.52 Å². The van der Waals surface area contributed by atoms with Crippen LogP contribution in [0.2, 0.25) is 5.02 Å². The first kappa shape index (κ1) is 20.1. The topological polar surface area (TPSA) is 88.2 Å². The minimum Gasteiger partial charge on any atom is -0.355 e. The molecule has 1 amide bonds. The van der Waals surface area contributed by atoms with Gasteiger partial charge in [-0.25, -0.2) is 13.4 Å². The Morgan fingerprint density at radius 1 is 1.19 bits per heavy atom. The lowest BCUT2D eigenvalue weighted by Crippen LogP contribution is -2.31. The van der Waals surface area contributed by atoms with Crippen LogP contribution in [0.15, 0.2) is 34.5 Å². The van der Waals surface area contributed by atoms with E-state index in [1.54, 1.807) is 5.38 Å². The van der Waals surface area contributed by atoms with E-state index < -0.39 is 10.0 Å². The van der Waals surface area contributed by atoms with Gasteiger partial charge in [0.25, 0.3) is 10.0 Å². The van der Waals surface area contributed by atoms with Gasteiger partial charge in [0, 0.05) is 16.9 Å². The van der Waals surface area contributed by atoms with Gasteiger partial charge in [-0.05, 0) is 43.0 Å². The van der Waals surface area contributed by atoms with Crippen molar-refractivity contribution in [3.63, 3.8) is 0 Å². The summed E-state index contributed by atoms with van der Waals surface area (Å²) in [5, 5.41) is 5.36. The molecule has 1 aromatic carbocycles. The van der Waals surface area contributed by atoms with Gasteiger partial charge < -0.3 is 5.32 Å². The Morgan fingerprint density at radius 3 is 2.59 bits per heavy atom. The number of sulfonamides is 1. The highest BCUT2D eigenvalue weighted by molar-refractivity contribution is 7.93. The van der Waals surface area contributed by atoms with Crippen LogP contribution in [0.5, 0.6) is 0 Å². The molecule has 1 fully saturated rings. The number of nitrogens with one attached hydrogen (secondary N) is 2. The third kappa shape index (κ3) is 5.92. The number of hydrogen-bond acceptors (Lipinski definition) is 5. The fraction of sp³-hybridized carbons (Fsp3) is 0.444. The van der Waals surface area contributed by atoms with Crippen molar-refractivity contribution in [2.45, 2.75) is 43.4 Å². The van der Waals surface area contributed by atoms with Crippen LogP contribution in [-0.2, 0) is 21.2 Å². The second kappa shape index (κ2) is 9.03. The molecule has 6 nitrogen and oxygen atoms in total. The molecule has 0 saturated heterocycles. The van der Waals surface area contributed by atoms with Crippen molar-refractivity contribution < 1.29 is 13.2 Å². The van der Waals surface area contributed by atoms with E-state index in [0.717, 1.165) is 11.3 Å². The van der Waals surface area contributed by atoms with Gasteiger partial charge in [-0.1, -0.05) is 30.9 Å². The summed E-state index contributed by atoms with van der Waals surface area (Å²) in [5.74, 6) is 0.484. The van der Waals surface area contributed by atoms with Crippen LogP contribution in [0.4, 0.5) is 5.13 Å². The normalized spacial score (nSPS) is 15.4. The number of nitrogens with zero attached hydrogens (tertiary/aromatic N) is 1. The summed E-state index contributed by atoms with van der Waals surface area (Å²) in [6.07, 6.45) is 6.26. The Bertz CT molecular complexity index is 876. The summed E-state index contributed by atoms with van der Waals surface area (Å²) in [4.78, 5) is 16.4. The fourth-order valence-corrected chi connectivity index (χ4v) is 5.19. The number of thiazole rings is 1. The molecule has 0 unspecified atom stereocenters. The molecular formula is C18H22ClN3O3S2. The lowest BCUT2D eigenvalue weighted by molar-refractivity contribution is -0.120. The number of anilines is 1. The first-order chi connectivity index (χ1) is 12.9. The van der Waals surface area contributed by atoms with E-state index in [1.807, 2.05) is 0 Å². The summed E-state index contributed by atoms with van der Waals surface area (Å²) in [7, 11) is -3.73. The zero-order valence-electron chi connectivity index (χ0n) is 14.8. The second-order valence-electron chi connectivity index (χ2n) is 6.69. The molecule has 0 radical (unpaired) electrons. The van der Waals surface area contributed by atoms with E-state index in [9.17, 15) is 13.2 Å². The van der Waals surface area contributed by atoms with E-state index in [1.165, 1.54) is 56.4 Å². The Labute approximate surface area is 168 Å². The smallest absolute Gasteiger partial charge is 0.263 e. The molecule has 0 spiro atoms. The average Bonchev–Trinajstić information content (AvgIpc) is 3.07. The van der Waals surface area contributed by atoms with Crippen LogP contribution in [-0.4, -0.2) is 25.9 Å². The van der Waals surface area contributed by atoms with Crippen molar-refractivity contribution in [1.29, 1.82) is 0 Å².